The van der Waals surface area contributed by atoms with Crippen LogP contribution in [0.15, 0.2) is 54.1 Å². The lowest BCUT2D eigenvalue weighted by molar-refractivity contribution is -0.140. The van der Waals surface area contributed by atoms with Gasteiger partial charge in [0, 0.05) is 25.8 Å². The average molecular weight is 468 g/mol. The van der Waals surface area contributed by atoms with Gasteiger partial charge >= 0.3 is 0 Å². The summed E-state index contributed by atoms with van der Waals surface area (Å²) in [5.41, 5.74) is 1.18. The Morgan fingerprint density at radius 3 is 2.24 bits per heavy atom. The van der Waals surface area contributed by atoms with E-state index in [0.29, 0.717) is 42.2 Å². The smallest absolute Gasteiger partial charge is 0.295 e. The highest BCUT2D eigenvalue weighted by Gasteiger charge is 2.45. The van der Waals surface area contributed by atoms with Gasteiger partial charge in [-0.05, 0) is 76.1 Å². The highest BCUT2D eigenvalue weighted by atomic mass is 16.5. The van der Waals surface area contributed by atoms with Gasteiger partial charge in [0.15, 0.2) is 0 Å². The average Bonchev–Trinajstić information content (AvgIpc) is 3.04. The van der Waals surface area contributed by atoms with Crippen molar-refractivity contribution in [1.29, 1.82) is 0 Å². The molecule has 0 spiro atoms. The molecule has 7 nitrogen and oxygen atoms in total. The van der Waals surface area contributed by atoms with Crippen LogP contribution >= 0.6 is 0 Å². The molecule has 1 aliphatic rings. The van der Waals surface area contributed by atoms with Crippen LogP contribution in [0.3, 0.4) is 0 Å². The van der Waals surface area contributed by atoms with Crippen molar-refractivity contribution in [3.8, 4) is 11.5 Å². The second kappa shape index (κ2) is 11.2. The Kier molecular flexibility index (Phi) is 8.34. The molecule has 0 saturated carbocycles. The molecule has 7 heteroatoms. The van der Waals surface area contributed by atoms with Gasteiger partial charge < -0.3 is 24.2 Å². The fourth-order valence-corrected chi connectivity index (χ4v) is 3.99. The molecule has 2 aromatic rings. The summed E-state index contributed by atoms with van der Waals surface area (Å²) >= 11 is 0. The number of aliphatic hydroxyl groups excluding tert-OH is 1. The van der Waals surface area contributed by atoms with Crippen molar-refractivity contribution in [2.45, 2.75) is 52.4 Å². The minimum atomic E-state index is -0.737. The molecule has 182 valence electrons. The van der Waals surface area contributed by atoms with Crippen LogP contribution < -0.4 is 9.47 Å². The molecule has 1 heterocycles. The molecule has 1 aliphatic heterocycles. The second-order valence-corrected chi connectivity index (χ2v) is 8.77. The maximum atomic E-state index is 13.1. The van der Waals surface area contributed by atoms with Gasteiger partial charge in [-0.1, -0.05) is 12.1 Å². The number of hydrogen-bond acceptors (Lipinski definition) is 6. The van der Waals surface area contributed by atoms with Crippen molar-refractivity contribution in [2.75, 3.05) is 20.3 Å². The Hall–Kier alpha value is -3.32. The number of nitrogens with zero attached hydrogens (tertiary/aromatic N) is 1. The fraction of sp³-hybridized carbons (Fsp3) is 0.407. The summed E-state index contributed by atoms with van der Waals surface area (Å²) in [7, 11) is 1.59. The number of likely N-dealkylation sites (tertiary alicyclic amines) is 1. The summed E-state index contributed by atoms with van der Waals surface area (Å²) in [6, 6.07) is 13.4. The van der Waals surface area contributed by atoms with E-state index in [1.54, 1.807) is 31.4 Å². The summed E-state index contributed by atoms with van der Waals surface area (Å²) in [6.45, 7) is 8.47. The second-order valence-electron chi connectivity index (χ2n) is 8.77. The van der Waals surface area contributed by atoms with Gasteiger partial charge in [-0.15, -0.1) is 0 Å². The van der Waals surface area contributed by atoms with Crippen molar-refractivity contribution < 1.29 is 28.9 Å². The minimum Gasteiger partial charge on any atom is -0.507 e. The summed E-state index contributed by atoms with van der Waals surface area (Å²) < 4.78 is 16.6. The number of ketones is 1. The Morgan fingerprint density at radius 2 is 1.62 bits per heavy atom. The van der Waals surface area contributed by atoms with E-state index in [0.717, 1.165) is 0 Å². The SMILES string of the molecule is COCCCN1C(=O)C(=O)/C(=C(\O)c2ccc(OC(C)C)cc2)C1c1cccc(OC(C)C)c1. The lowest BCUT2D eigenvalue weighted by atomic mass is 9.95. The van der Waals surface area contributed by atoms with Crippen LogP contribution in [-0.4, -0.2) is 54.2 Å². The van der Waals surface area contributed by atoms with Crippen molar-refractivity contribution >= 4 is 17.4 Å². The number of hydrogen-bond donors (Lipinski definition) is 1. The molecule has 1 unspecified atom stereocenters. The summed E-state index contributed by atoms with van der Waals surface area (Å²) in [6.07, 6.45) is 0.538. The molecule has 1 N–H and O–H groups in total. The zero-order valence-corrected chi connectivity index (χ0v) is 20.4. The Balaban J connectivity index is 2.07. The van der Waals surface area contributed by atoms with Crippen LogP contribution in [0.5, 0.6) is 11.5 Å². The molecular formula is C27H33NO6. The third-order valence-corrected chi connectivity index (χ3v) is 5.33. The molecule has 0 aromatic heterocycles. The normalized spacial score (nSPS) is 17.6. The van der Waals surface area contributed by atoms with E-state index in [1.165, 1.54) is 4.90 Å². The number of benzene rings is 2. The number of carbonyl (C=O) groups is 2. The number of amides is 1. The lowest BCUT2D eigenvalue weighted by Crippen LogP contribution is -2.31. The maximum absolute atomic E-state index is 13.1. The number of aliphatic hydroxyl groups is 1. The van der Waals surface area contributed by atoms with Crippen LogP contribution in [0.1, 0.15) is 51.3 Å². The molecule has 1 saturated heterocycles. The largest absolute Gasteiger partial charge is 0.507 e. The highest BCUT2D eigenvalue weighted by Crippen LogP contribution is 2.40. The third kappa shape index (κ3) is 5.78. The number of ether oxygens (including phenoxy) is 3. The predicted octanol–water partition coefficient (Wildman–Crippen LogP) is 4.72. The Bertz CT molecular complexity index is 1040. The number of rotatable bonds is 10. The van der Waals surface area contributed by atoms with E-state index in [4.69, 9.17) is 14.2 Å². The van der Waals surface area contributed by atoms with Gasteiger partial charge in [-0.3, -0.25) is 9.59 Å². The monoisotopic (exact) mass is 467 g/mol. The summed E-state index contributed by atoms with van der Waals surface area (Å²) in [5.74, 6) is -0.286. The van der Waals surface area contributed by atoms with Crippen molar-refractivity contribution in [3.63, 3.8) is 0 Å². The van der Waals surface area contributed by atoms with Crippen molar-refractivity contribution in [2.24, 2.45) is 0 Å². The quantitative estimate of drug-likeness (QED) is 0.236. The molecule has 1 amide bonds. The first-order valence-corrected chi connectivity index (χ1v) is 11.5. The van der Waals surface area contributed by atoms with Crippen LogP contribution in [0.2, 0.25) is 0 Å². The number of methoxy groups -OCH3 is 1. The molecule has 1 atom stereocenters. The van der Waals surface area contributed by atoms with Crippen molar-refractivity contribution in [3.05, 3.63) is 65.2 Å². The molecule has 2 aromatic carbocycles. The highest BCUT2D eigenvalue weighted by molar-refractivity contribution is 6.46. The zero-order valence-electron chi connectivity index (χ0n) is 20.4. The first-order chi connectivity index (χ1) is 16.2. The molecule has 0 radical (unpaired) electrons. The van der Waals surface area contributed by atoms with E-state index in [-0.39, 0.29) is 23.5 Å². The summed E-state index contributed by atoms with van der Waals surface area (Å²) in [5, 5.41) is 11.2. The van der Waals surface area contributed by atoms with Crippen molar-refractivity contribution in [1.82, 2.24) is 4.90 Å². The van der Waals surface area contributed by atoms with Crippen LogP contribution in [0, 0.1) is 0 Å². The zero-order chi connectivity index (χ0) is 24.8. The Labute approximate surface area is 200 Å². The van der Waals surface area contributed by atoms with E-state index in [1.807, 2.05) is 52.0 Å². The lowest BCUT2D eigenvalue weighted by Gasteiger charge is -2.26. The van der Waals surface area contributed by atoms with E-state index in [9.17, 15) is 14.7 Å². The van der Waals surface area contributed by atoms with E-state index in [2.05, 4.69) is 0 Å². The van der Waals surface area contributed by atoms with Gasteiger partial charge in [-0.25, -0.2) is 0 Å². The standard InChI is InChI=1S/C27H33NO6/c1-17(2)33-21-12-10-19(11-13-21)25(29)23-24(20-8-6-9-22(16-20)34-18(3)4)28(14-7-15-32-5)27(31)26(23)30/h6,8-13,16-18,24,29H,7,14-15H2,1-5H3/b25-23-. The molecule has 3 rings (SSSR count). The fourth-order valence-electron chi connectivity index (χ4n) is 3.99. The van der Waals surface area contributed by atoms with Crippen LogP contribution in [0.25, 0.3) is 5.76 Å². The number of Topliss-reactive ketones (excluding diaryl/α,β-unsaturated/α-hetero) is 1. The van der Waals surface area contributed by atoms with Gasteiger partial charge in [0.05, 0.1) is 23.8 Å². The molecular weight excluding hydrogens is 434 g/mol. The predicted molar refractivity (Wildman–Crippen MR) is 130 cm³/mol. The van der Waals surface area contributed by atoms with Gasteiger partial charge in [-0.2, -0.15) is 0 Å². The maximum Gasteiger partial charge on any atom is 0.295 e. The molecule has 1 fully saturated rings. The molecule has 0 aliphatic carbocycles. The third-order valence-electron chi connectivity index (χ3n) is 5.33. The van der Waals surface area contributed by atoms with Gasteiger partial charge in [0.1, 0.15) is 17.3 Å². The Morgan fingerprint density at radius 1 is 0.971 bits per heavy atom. The first-order valence-electron chi connectivity index (χ1n) is 11.5. The van der Waals surface area contributed by atoms with E-state index >= 15 is 0 Å². The van der Waals surface area contributed by atoms with Crippen LogP contribution in [0.4, 0.5) is 0 Å². The van der Waals surface area contributed by atoms with Crippen LogP contribution in [-0.2, 0) is 14.3 Å². The van der Waals surface area contributed by atoms with Gasteiger partial charge in [0.2, 0.25) is 0 Å². The first kappa shape index (κ1) is 25.3. The number of carbonyl (C=O) groups excluding carboxylic acids is 2. The molecule has 34 heavy (non-hydrogen) atoms. The summed E-state index contributed by atoms with van der Waals surface area (Å²) in [4.78, 5) is 27.6. The topological polar surface area (TPSA) is 85.3 Å². The van der Waals surface area contributed by atoms with E-state index < -0.39 is 17.7 Å². The van der Waals surface area contributed by atoms with Gasteiger partial charge in [0.25, 0.3) is 11.7 Å². The minimum absolute atomic E-state index is 0.0113. The molecule has 0 bridgehead atoms.